The van der Waals surface area contributed by atoms with Gasteiger partial charge in [-0.2, -0.15) is 8.78 Å². The van der Waals surface area contributed by atoms with Crippen LogP contribution in [0.3, 0.4) is 0 Å². The minimum absolute atomic E-state index is 0. The summed E-state index contributed by atoms with van der Waals surface area (Å²) >= 11 is 0. The summed E-state index contributed by atoms with van der Waals surface area (Å²) in [5.41, 5.74) is 2.97. The van der Waals surface area contributed by atoms with Crippen molar-refractivity contribution in [1.29, 1.82) is 0 Å². The molecular weight excluding hydrogens is 851 g/mol. The zero-order valence-corrected chi connectivity index (χ0v) is 36.0. The molecule has 4 aromatic carbocycles. The molecule has 5 aliphatic rings. The standard InChI is InChI=1S/C48H42F8N3O4.H2O/c1-21-19-47(3,4)58-13-8-10-23-41(58)25(21)16-27-32(28-17-26-22(2)20-48(5,6)59-14-9-11-24(42(26)59)44(28)63-43(23)27)33-34(38(54)40(56)39(55)37(33)53)46(61)57(7)15-12-31(60)62-45-35(51)29(49)18-30(50)36(45)52;/h16-20H,8-15H2,1-7H3;1H2/q+1;/p-1. The zero-order valence-electron chi connectivity index (χ0n) is 36.0. The van der Waals surface area contributed by atoms with Crippen molar-refractivity contribution in [2.75, 3.05) is 31.6 Å². The lowest BCUT2D eigenvalue weighted by molar-refractivity contribution is -0.135. The molecule has 0 saturated carbocycles. The molecule has 8 nitrogen and oxygen atoms in total. The number of benzene rings is 4. The van der Waals surface area contributed by atoms with Crippen LogP contribution in [0.15, 0.2) is 30.4 Å². The van der Waals surface area contributed by atoms with Gasteiger partial charge < -0.3 is 24.7 Å². The molecule has 9 rings (SSSR count). The Kier molecular flexibility index (Phi) is 10.7. The maximum absolute atomic E-state index is 17.1. The lowest BCUT2D eigenvalue weighted by Crippen LogP contribution is -2.53. The van der Waals surface area contributed by atoms with Gasteiger partial charge in [0.2, 0.25) is 22.7 Å². The Morgan fingerprint density at radius 3 is 2.11 bits per heavy atom. The zero-order chi connectivity index (χ0) is 45.3. The molecule has 0 unspecified atom stereocenters. The molecule has 0 aliphatic carbocycles. The first-order chi connectivity index (χ1) is 29.6. The van der Waals surface area contributed by atoms with Gasteiger partial charge in [0.15, 0.2) is 40.4 Å². The van der Waals surface area contributed by atoms with Gasteiger partial charge in [-0.25, -0.2) is 30.9 Å². The van der Waals surface area contributed by atoms with E-state index in [0.717, 1.165) is 64.6 Å². The second-order valence-corrected chi connectivity index (χ2v) is 18.0. The van der Waals surface area contributed by atoms with Crippen molar-refractivity contribution in [3.8, 4) is 17.2 Å². The van der Waals surface area contributed by atoms with Crippen LogP contribution < -0.4 is 29.5 Å². The molecule has 16 heteroatoms. The number of carbonyl (C=O) groups is 2. The van der Waals surface area contributed by atoms with E-state index in [9.17, 15) is 27.2 Å². The van der Waals surface area contributed by atoms with Crippen LogP contribution >= 0.6 is 0 Å². The van der Waals surface area contributed by atoms with E-state index in [1.165, 1.54) is 0 Å². The number of carbonyl (C=O) groups excluding carboxylic acids is 2. The topological polar surface area (TPSA) is 92.1 Å². The Bertz CT molecular complexity index is 2970. The largest absolute Gasteiger partial charge is 0.870 e. The minimum atomic E-state index is -2.26. The maximum atomic E-state index is 17.1. The molecule has 336 valence electrons. The normalized spacial score (nSPS) is 17.2. The van der Waals surface area contributed by atoms with Gasteiger partial charge in [-0.15, -0.1) is 0 Å². The number of nitrogens with zero attached hydrogens (tertiary/aromatic N) is 3. The molecule has 0 spiro atoms. The van der Waals surface area contributed by atoms with E-state index in [0.29, 0.717) is 42.1 Å². The Balaban J connectivity index is 0.00000560. The number of hydrogen-bond donors (Lipinski definition) is 0. The van der Waals surface area contributed by atoms with Crippen LogP contribution in [-0.2, 0) is 17.6 Å². The van der Waals surface area contributed by atoms with Gasteiger partial charge in [0, 0.05) is 85.1 Å². The Morgan fingerprint density at radius 2 is 1.42 bits per heavy atom. The monoisotopic (exact) mass is 893 g/mol. The van der Waals surface area contributed by atoms with Gasteiger partial charge in [0.25, 0.3) is 5.91 Å². The fourth-order valence-electron chi connectivity index (χ4n) is 10.2. The molecule has 0 bridgehead atoms. The number of ether oxygens (including phenoxy) is 2. The van der Waals surface area contributed by atoms with Gasteiger partial charge in [0.05, 0.1) is 28.8 Å². The van der Waals surface area contributed by atoms with Crippen LogP contribution in [0, 0.1) is 46.5 Å². The third-order valence-electron chi connectivity index (χ3n) is 13.0. The number of anilines is 1. The highest BCUT2D eigenvalue weighted by molar-refractivity contribution is 6.04. The minimum Gasteiger partial charge on any atom is -0.870 e. The summed E-state index contributed by atoms with van der Waals surface area (Å²) in [5, 5.41) is 1.13. The highest BCUT2D eigenvalue weighted by Crippen LogP contribution is 2.53. The van der Waals surface area contributed by atoms with Crippen molar-refractivity contribution in [3.63, 3.8) is 0 Å². The predicted molar refractivity (Wildman–Crippen MR) is 221 cm³/mol. The molecule has 1 N–H and O–H groups in total. The Labute approximate surface area is 362 Å². The summed E-state index contributed by atoms with van der Waals surface area (Å²) in [6.45, 7) is 13.0. The second-order valence-electron chi connectivity index (χ2n) is 18.0. The number of allylic oxidation sites excluding steroid dienone is 2. The van der Waals surface area contributed by atoms with Crippen molar-refractivity contribution in [2.45, 2.75) is 84.7 Å². The lowest BCUT2D eigenvalue weighted by Gasteiger charge is -2.47. The Morgan fingerprint density at radius 1 is 0.781 bits per heavy atom. The average molecular weight is 894 g/mol. The van der Waals surface area contributed by atoms with Crippen LogP contribution in [0.5, 0.6) is 17.2 Å². The van der Waals surface area contributed by atoms with Gasteiger partial charge in [-0.05, 0) is 76.3 Å². The van der Waals surface area contributed by atoms with Gasteiger partial charge >= 0.3 is 5.97 Å². The summed E-state index contributed by atoms with van der Waals surface area (Å²) in [5.74, 6) is -19.8. The predicted octanol–water partition coefficient (Wildman–Crippen LogP) is 8.62. The van der Waals surface area contributed by atoms with Crippen molar-refractivity contribution in [2.24, 2.45) is 0 Å². The second kappa shape index (κ2) is 15.3. The molecule has 0 radical (unpaired) electrons. The van der Waals surface area contributed by atoms with Gasteiger partial charge in [-0.1, -0.05) is 6.08 Å². The number of fused-ring (bicyclic) bond motifs is 4. The van der Waals surface area contributed by atoms with Crippen LogP contribution in [0.4, 0.5) is 40.8 Å². The summed E-state index contributed by atoms with van der Waals surface area (Å²) in [6.07, 6.45) is 5.80. The summed E-state index contributed by atoms with van der Waals surface area (Å²) < 4.78 is 135. The highest BCUT2D eigenvalue weighted by Gasteiger charge is 2.44. The molecule has 0 aromatic heterocycles. The molecule has 0 fully saturated rings. The molecule has 64 heavy (non-hydrogen) atoms. The number of amides is 1. The molecule has 1 amide bonds. The van der Waals surface area contributed by atoms with Crippen molar-refractivity contribution in [1.82, 2.24) is 9.48 Å². The molecule has 5 aliphatic heterocycles. The average Bonchev–Trinajstić information content (AvgIpc) is 3.23. The smallest absolute Gasteiger partial charge is 0.313 e. The fraction of sp³-hybridized carbons (Fsp3) is 0.354. The van der Waals surface area contributed by atoms with E-state index in [1.807, 2.05) is 13.8 Å². The summed E-state index contributed by atoms with van der Waals surface area (Å²) in [7, 11) is 1.05. The molecule has 5 heterocycles. The van der Waals surface area contributed by atoms with E-state index < -0.39 is 99.3 Å². The van der Waals surface area contributed by atoms with Crippen LogP contribution in [-0.4, -0.2) is 60.0 Å². The van der Waals surface area contributed by atoms with E-state index in [4.69, 9.17) is 4.74 Å². The lowest BCUT2D eigenvalue weighted by atomic mass is 9.78. The number of esters is 1. The van der Waals surface area contributed by atoms with E-state index in [-0.39, 0.29) is 27.9 Å². The number of hydrogen-bond acceptors (Lipinski definition) is 6. The summed E-state index contributed by atoms with van der Waals surface area (Å²) in [4.78, 5) is 30.2. The molecule has 0 saturated heterocycles. The first-order valence-corrected chi connectivity index (χ1v) is 20.7. The van der Waals surface area contributed by atoms with Gasteiger partial charge in [0.1, 0.15) is 18.0 Å². The van der Waals surface area contributed by atoms with E-state index >= 15 is 17.6 Å². The maximum Gasteiger partial charge on any atom is 0.313 e. The molecule has 4 aromatic rings. The van der Waals surface area contributed by atoms with Crippen molar-refractivity contribution >= 4 is 34.3 Å². The quantitative estimate of drug-likeness (QED) is 0.0424. The molecular formula is C48H43F8N3O5. The Hall–Kier alpha value is -6.03. The van der Waals surface area contributed by atoms with E-state index in [2.05, 4.69) is 54.1 Å². The number of halogens is 8. The summed E-state index contributed by atoms with van der Waals surface area (Å²) in [6, 6.07) is 3.44. The van der Waals surface area contributed by atoms with E-state index in [1.54, 1.807) is 12.1 Å². The van der Waals surface area contributed by atoms with Crippen molar-refractivity contribution < 1.29 is 59.7 Å². The fourth-order valence-corrected chi connectivity index (χ4v) is 10.2. The van der Waals surface area contributed by atoms with Crippen LogP contribution in [0.2, 0.25) is 0 Å². The molecule has 0 atom stereocenters. The van der Waals surface area contributed by atoms with Crippen molar-refractivity contribution in [3.05, 3.63) is 126 Å². The first-order valence-electron chi connectivity index (χ1n) is 20.7. The number of rotatable bonds is 6. The third-order valence-corrected chi connectivity index (χ3v) is 13.0. The van der Waals surface area contributed by atoms with Gasteiger partial charge in [-0.3, -0.25) is 9.59 Å². The van der Waals surface area contributed by atoms with Crippen LogP contribution in [0.25, 0.3) is 16.7 Å². The third kappa shape index (κ3) is 6.53. The van der Waals surface area contributed by atoms with Crippen LogP contribution in [0.1, 0.15) is 105 Å². The highest BCUT2D eigenvalue weighted by atomic mass is 19.2. The SMILES string of the molecule is CC1=CC(C)(C)N2CCCc3c4c(cc1c32)C(c1c(F)c(F)c(F)c(F)c1C(=O)N(C)CCC(=O)Oc1c(F)c(F)cc(F)c1F)=c1cc2c3c(c1O4)CCC[N+]=3C(C)(C)C=C2C.[OH-]. The first kappa shape index (κ1) is 44.6.